The number of carboxylic acids is 1. The van der Waals surface area contributed by atoms with Crippen molar-refractivity contribution in [2.75, 3.05) is 17.2 Å². The summed E-state index contributed by atoms with van der Waals surface area (Å²) in [6.45, 7) is 0. The van der Waals surface area contributed by atoms with Crippen LogP contribution in [0, 0.1) is 0 Å². The number of phenolic OH excluding ortho intramolecular Hbond substituents is 2. The van der Waals surface area contributed by atoms with Crippen LogP contribution < -0.4 is 16.5 Å². The zero-order valence-corrected chi connectivity index (χ0v) is 22.6. The Morgan fingerprint density at radius 2 is 1.97 bits per heavy atom. The van der Waals surface area contributed by atoms with Crippen molar-refractivity contribution in [2.24, 2.45) is 5.16 Å². The Kier molecular flexibility index (Phi) is 7.15. The third-order valence-electron chi connectivity index (χ3n) is 5.81. The fourth-order valence-electron chi connectivity index (χ4n) is 4.00. The van der Waals surface area contributed by atoms with Gasteiger partial charge < -0.3 is 31.6 Å². The van der Waals surface area contributed by atoms with E-state index in [9.17, 15) is 39.7 Å². The van der Waals surface area contributed by atoms with Gasteiger partial charge >= 0.3 is 5.97 Å². The molecular weight excluding hydrogens is 591 g/mol. The number of carboxylic acid groups (broad SMARTS) is 1. The molecule has 13 nitrogen and oxygen atoms in total. The van der Waals surface area contributed by atoms with Gasteiger partial charge in [-0.25, -0.2) is 9.78 Å². The number of thiazole rings is 1. The number of hydrogen-bond acceptors (Lipinski definition) is 14. The summed E-state index contributed by atoms with van der Waals surface area (Å²) >= 11 is 4.70. The highest BCUT2D eigenvalue weighted by atomic mass is 32.2. The summed E-state index contributed by atoms with van der Waals surface area (Å²) in [4.78, 5) is 55.2. The number of carbonyl (C=O) groups is 3. The highest BCUT2D eigenvalue weighted by molar-refractivity contribution is 8.02. The van der Waals surface area contributed by atoms with Crippen LogP contribution in [0.1, 0.15) is 5.69 Å². The highest BCUT2D eigenvalue weighted by Crippen LogP contribution is 2.42. The number of fused-ring (bicyclic) bond motifs is 2. The first-order chi connectivity index (χ1) is 18.6. The number of thioether (sulfide) groups is 2. The summed E-state index contributed by atoms with van der Waals surface area (Å²) in [5.41, 5.74) is 5.06. The lowest BCUT2D eigenvalue weighted by Gasteiger charge is -2.49. The van der Waals surface area contributed by atoms with E-state index >= 15 is 0 Å². The summed E-state index contributed by atoms with van der Waals surface area (Å²) in [5, 5.41) is 45.2. The monoisotopic (exact) mass is 607 g/mol. The quantitative estimate of drug-likeness (QED) is 0.0561. The molecule has 4 heterocycles. The van der Waals surface area contributed by atoms with Gasteiger partial charge in [0.1, 0.15) is 22.8 Å². The molecule has 1 saturated heterocycles. The highest BCUT2D eigenvalue weighted by Gasteiger charge is 2.54. The van der Waals surface area contributed by atoms with E-state index in [4.69, 9.17) is 5.73 Å². The second-order valence-corrected chi connectivity index (χ2v) is 12.5. The van der Waals surface area contributed by atoms with Crippen molar-refractivity contribution in [1.29, 1.82) is 0 Å². The molecule has 2 atom stereocenters. The van der Waals surface area contributed by atoms with Crippen molar-refractivity contribution in [3.63, 3.8) is 0 Å². The molecule has 0 bridgehead atoms. The van der Waals surface area contributed by atoms with Gasteiger partial charge in [0, 0.05) is 39.1 Å². The number of anilines is 1. The zero-order chi connectivity index (χ0) is 28.0. The number of rotatable bonds is 7. The molecule has 2 aromatic heterocycles. The molecule has 0 spiro atoms. The fraction of sp³-hybridized carbons (Fsp3) is 0.182. The number of nitrogen functional groups attached to an aromatic ring is 1. The third-order valence-corrected chi connectivity index (χ3v) is 10.2. The third kappa shape index (κ3) is 4.88. The molecule has 1 fully saturated rings. The average molecular weight is 608 g/mol. The van der Waals surface area contributed by atoms with Crippen LogP contribution >= 0.6 is 46.2 Å². The number of aromatic nitrogens is 1. The van der Waals surface area contributed by atoms with Gasteiger partial charge in [-0.3, -0.25) is 19.3 Å². The number of nitrogens with two attached hydrogens (primary N) is 1. The smallest absolute Gasteiger partial charge is 0.352 e. The van der Waals surface area contributed by atoms with Crippen LogP contribution in [0.4, 0.5) is 5.13 Å². The van der Waals surface area contributed by atoms with Gasteiger partial charge in [0.25, 0.3) is 11.8 Å². The van der Waals surface area contributed by atoms with Crippen LogP contribution in [-0.2, 0) is 14.4 Å². The van der Waals surface area contributed by atoms with Crippen molar-refractivity contribution in [3.05, 3.63) is 50.8 Å². The largest absolute Gasteiger partial charge is 0.504 e. The molecule has 2 aliphatic heterocycles. The number of phenols is 2. The number of benzene rings is 1. The van der Waals surface area contributed by atoms with Gasteiger partial charge in [0.15, 0.2) is 27.8 Å². The van der Waals surface area contributed by atoms with Crippen molar-refractivity contribution in [2.45, 2.75) is 15.6 Å². The maximum Gasteiger partial charge on any atom is 0.352 e. The fourth-order valence-corrected chi connectivity index (χ4v) is 8.27. The van der Waals surface area contributed by atoms with Crippen molar-refractivity contribution in [1.82, 2.24) is 15.2 Å². The molecule has 0 saturated carbocycles. The van der Waals surface area contributed by atoms with Crippen molar-refractivity contribution in [3.8, 4) is 11.5 Å². The van der Waals surface area contributed by atoms with Gasteiger partial charge in [-0.1, -0.05) is 5.16 Å². The lowest BCUT2D eigenvalue weighted by Crippen LogP contribution is -2.71. The van der Waals surface area contributed by atoms with E-state index in [2.05, 4.69) is 15.5 Å². The predicted octanol–water partition coefficient (Wildman–Crippen LogP) is 1.42. The molecule has 2 aliphatic rings. The molecule has 17 heteroatoms. The number of oxime groups is 1. The van der Waals surface area contributed by atoms with E-state index in [-0.39, 0.29) is 44.6 Å². The molecule has 7 N–H and O–H groups in total. The molecule has 2 amide bonds. The number of amides is 2. The van der Waals surface area contributed by atoms with Crippen LogP contribution in [0.3, 0.4) is 0 Å². The van der Waals surface area contributed by atoms with E-state index in [1.807, 2.05) is 0 Å². The first-order valence-corrected chi connectivity index (χ1v) is 14.6. The first kappa shape index (κ1) is 26.8. The second kappa shape index (κ2) is 10.4. The van der Waals surface area contributed by atoms with Gasteiger partial charge in [-0.05, 0) is 11.6 Å². The SMILES string of the molecule is Nc1nc(/C(=N\O)C(=O)N[C@@H]2C(=O)N3C(C(=O)O)=C(CSc4cc(=O)c5cc(O)c(O)cc5s4)CS[C@H]23)cs1. The summed E-state index contributed by atoms with van der Waals surface area (Å²) in [6.07, 6.45) is 0. The standard InChI is InChI=1S/C22H17N5O8S4/c23-22-24-9(6-38-22)15(26-35)18(31)25-16-19(32)27-17(21(33)34)7(5-37-20(16)27)4-36-14-3-10(28)8-1-11(29)12(30)2-13(8)39-14/h1-3,6,16,20,29-30,35H,4-5H2,(H2,23,24)(H,25,31)(H,33,34)/b26-15+/t16-,20-/m1/s1. The number of β-lactam (4-membered cyclic amide) rings is 1. The molecular formula is C22H17N5O8S4. The topological polar surface area (TPSA) is 216 Å². The van der Waals surface area contributed by atoms with Crippen molar-refractivity contribution >= 4 is 84.9 Å². The Labute approximate surface area is 234 Å². The molecule has 5 rings (SSSR count). The molecule has 202 valence electrons. The number of hydrogen-bond donors (Lipinski definition) is 6. The number of nitrogens with zero attached hydrogens (tertiary/aromatic N) is 3. The van der Waals surface area contributed by atoms with Crippen LogP contribution in [0.15, 0.2) is 49.0 Å². The molecule has 1 aromatic carbocycles. The lowest BCUT2D eigenvalue weighted by atomic mass is 10.0. The Hall–Kier alpha value is -3.80. The van der Waals surface area contributed by atoms with E-state index in [1.165, 1.54) is 58.4 Å². The minimum absolute atomic E-state index is 0.0332. The maximum absolute atomic E-state index is 12.9. The van der Waals surface area contributed by atoms with Crippen LogP contribution in [-0.4, -0.2) is 76.8 Å². The second-order valence-electron chi connectivity index (χ2n) is 8.19. The number of carbonyl (C=O) groups excluding carboxylic acids is 2. The van der Waals surface area contributed by atoms with E-state index in [0.29, 0.717) is 14.5 Å². The summed E-state index contributed by atoms with van der Waals surface area (Å²) in [7, 11) is 0. The normalized spacial score (nSPS) is 19.1. The zero-order valence-electron chi connectivity index (χ0n) is 19.4. The minimum atomic E-state index is -1.31. The Morgan fingerprint density at radius 1 is 1.23 bits per heavy atom. The number of aliphatic carboxylic acids is 1. The van der Waals surface area contributed by atoms with Gasteiger partial charge in [-0.2, -0.15) is 0 Å². The number of nitrogens with one attached hydrogen (secondary N) is 1. The average Bonchev–Trinajstić information content (AvgIpc) is 3.32. The molecule has 3 aromatic rings. The maximum atomic E-state index is 12.9. The first-order valence-electron chi connectivity index (χ1n) is 10.9. The van der Waals surface area contributed by atoms with E-state index in [0.717, 1.165) is 16.2 Å². The van der Waals surface area contributed by atoms with Gasteiger partial charge in [0.2, 0.25) is 0 Å². The van der Waals surface area contributed by atoms with Gasteiger partial charge in [0.05, 0.1) is 4.21 Å². The van der Waals surface area contributed by atoms with Crippen LogP contribution in [0.25, 0.3) is 10.1 Å². The van der Waals surface area contributed by atoms with Gasteiger partial charge in [-0.15, -0.1) is 46.2 Å². The van der Waals surface area contributed by atoms with Crippen molar-refractivity contribution < 1.29 is 34.9 Å². The Morgan fingerprint density at radius 3 is 2.64 bits per heavy atom. The number of aromatic hydroxyl groups is 2. The Bertz CT molecular complexity index is 1670. The summed E-state index contributed by atoms with van der Waals surface area (Å²) in [5.74, 6) is -3.17. The lowest BCUT2D eigenvalue weighted by molar-refractivity contribution is -0.150. The minimum Gasteiger partial charge on any atom is -0.504 e. The predicted molar refractivity (Wildman–Crippen MR) is 147 cm³/mol. The van der Waals surface area contributed by atoms with E-state index in [1.54, 1.807) is 0 Å². The molecule has 39 heavy (non-hydrogen) atoms. The Balaban J connectivity index is 1.33. The summed E-state index contributed by atoms with van der Waals surface area (Å²) < 4.78 is 1.01. The molecule has 0 radical (unpaired) electrons. The molecule has 0 aliphatic carbocycles. The van der Waals surface area contributed by atoms with Crippen LogP contribution in [0.2, 0.25) is 0 Å². The summed E-state index contributed by atoms with van der Waals surface area (Å²) in [6, 6.07) is 2.79. The van der Waals surface area contributed by atoms with E-state index < -0.39 is 40.7 Å². The van der Waals surface area contributed by atoms with Crippen LogP contribution in [0.5, 0.6) is 11.5 Å². The molecule has 0 unspecified atom stereocenters.